The van der Waals surface area contributed by atoms with Crippen LogP contribution in [0.1, 0.15) is 49.9 Å². The normalized spacial score (nSPS) is 10.6. The minimum Gasteiger partial charge on any atom is -0.478 e. The molecule has 2 aromatic rings. The van der Waals surface area contributed by atoms with Gasteiger partial charge in [-0.2, -0.15) is 0 Å². The lowest BCUT2D eigenvalue weighted by molar-refractivity contribution is 0.0694. The number of thiazole rings is 1. The van der Waals surface area contributed by atoms with Crippen molar-refractivity contribution in [3.8, 4) is 0 Å². The van der Waals surface area contributed by atoms with Crippen LogP contribution in [0.4, 0.5) is 0 Å². The van der Waals surface area contributed by atoms with Crippen LogP contribution in [-0.2, 0) is 13.0 Å². The van der Waals surface area contributed by atoms with E-state index in [0.717, 1.165) is 17.8 Å². The number of nitrogens with one attached hydrogen (secondary N) is 1. The Labute approximate surface area is 125 Å². The molecule has 2 rings (SSSR count). The molecule has 0 unspecified atom stereocenters. The highest BCUT2D eigenvalue weighted by atomic mass is 32.1. The summed E-state index contributed by atoms with van der Waals surface area (Å²) < 4.78 is 5.30. The number of aromatic nitrogens is 1. The quantitative estimate of drug-likeness (QED) is 0.855. The zero-order valence-corrected chi connectivity index (χ0v) is 12.6. The molecule has 0 aromatic carbocycles. The number of hydrogen-bond donors (Lipinski definition) is 2. The fourth-order valence-electron chi connectivity index (χ4n) is 1.84. The molecule has 0 aliphatic carbocycles. The third-order valence-electron chi connectivity index (χ3n) is 2.86. The van der Waals surface area contributed by atoms with Crippen LogP contribution in [0.5, 0.6) is 0 Å². The van der Waals surface area contributed by atoms with Gasteiger partial charge in [-0.1, -0.05) is 6.92 Å². The van der Waals surface area contributed by atoms with E-state index in [9.17, 15) is 9.59 Å². The van der Waals surface area contributed by atoms with Crippen LogP contribution in [0.15, 0.2) is 16.7 Å². The molecule has 0 spiro atoms. The van der Waals surface area contributed by atoms with Crippen molar-refractivity contribution < 1.29 is 19.1 Å². The molecule has 112 valence electrons. The summed E-state index contributed by atoms with van der Waals surface area (Å²) >= 11 is 1.37. The molecular formula is C14H16N2O4S. The molecule has 0 aliphatic heterocycles. The molecule has 0 radical (unpaired) electrons. The van der Waals surface area contributed by atoms with E-state index >= 15 is 0 Å². The standard InChI is InChI=1S/C14H16N2O4S/c1-3-4-12-15-7-11(21-12)13(17)16-6-9-5-10(14(18)19)8(2)20-9/h5,7H,3-4,6H2,1-2H3,(H,16,17)(H,18,19). The molecule has 1 amide bonds. The van der Waals surface area contributed by atoms with Gasteiger partial charge >= 0.3 is 5.97 Å². The minimum atomic E-state index is -1.04. The molecule has 2 heterocycles. The first-order valence-electron chi connectivity index (χ1n) is 6.56. The Kier molecular flexibility index (Phi) is 4.74. The Morgan fingerprint density at radius 2 is 2.24 bits per heavy atom. The van der Waals surface area contributed by atoms with Gasteiger partial charge in [0.15, 0.2) is 0 Å². The molecule has 21 heavy (non-hydrogen) atoms. The number of carbonyl (C=O) groups excluding carboxylic acids is 1. The fourth-order valence-corrected chi connectivity index (χ4v) is 2.78. The summed E-state index contributed by atoms with van der Waals surface area (Å²) in [6.07, 6.45) is 3.40. The van der Waals surface area contributed by atoms with Crippen LogP contribution < -0.4 is 5.32 Å². The number of rotatable bonds is 6. The van der Waals surface area contributed by atoms with Crippen LogP contribution in [-0.4, -0.2) is 22.0 Å². The van der Waals surface area contributed by atoms with Gasteiger partial charge in [-0.25, -0.2) is 9.78 Å². The summed E-state index contributed by atoms with van der Waals surface area (Å²) in [5.74, 6) is -0.535. The minimum absolute atomic E-state index is 0.113. The molecule has 0 aliphatic rings. The molecule has 0 bridgehead atoms. The number of aromatic carboxylic acids is 1. The van der Waals surface area contributed by atoms with Gasteiger partial charge in [0.05, 0.1) is 17.7 Å². The third-order valence-corrected chi connectivity index (χ3v) is 3.92. The van der Waals surface area contributed by atoms with Crippen molar-refractivity contribution in [3.05, 3.63) is 39.2 Å². The molecule has 0 saturated carbocycles. The fraction of sp³-hybridized carbons (Fsp3) is 0.357. The summed E-state index contributed by atoms with van der Waals surface area (Å²) in [5.41, 5.74) is 0.113. The molecule has 7 heteroatoms. The number of amides is 1. The smallest absolute Gasteiger partial charge is 0.339 e. The van der Waals surface area contributed by atoms with Crippen molar-refractivity contribution in [1.82, 2.24) is 10.3 Å². The lowest BCUT2D eigenvalue weighted by Crippen LogP contribution is -2.21. The van der Waals surface area contributed by atoms with Crippen molar-refractivity contribution in [2.45, 2.75) is 33.2 Å². The van der Waals surface area contributed by atoms with E-state index < -0.39 is 5.97 Å². The maximum absolute atomic E-state index is 12.0. The van der Waals surface area contributed by atoms with E-state index in [2.05, 4.69) is 17.2 Å². The largest absolute Gasteiger partial charge is 0.478 e. The van der Waals surface area contributed by atoms with Gasteiger partial charge in [-0.15, -0.1) is 11.3 Å². The first-order valence-corrected chi connectivity index (χ1v) is 7.38. The number of carbonyl (C=O) groups is 2. The number of furan rings is 1. The highest BCUT2D eigenvalue weighted by Crippen LogP contribution is 2.16. The third kappa shape index (κ3) is 3.69. The summed E-state index contributed by atoms with van der Waals surface area (Å²) in [6, 6.07) is 1.42. The summed E-state index contributed by atoms with van der Waals surface area (Å²) in [5, 5.41) is 12.6. The van der Waals surface area contributed by atoms with Crippen molar-refractivity contribution in [1.29, 1.82) is 0 Å². The second-order valence-corrected chi connectivity index (χ2v) is 5.65. The van der Waals surface area contributed by atoms with Crippen molar-refractivity contribution >= 4 is 23.2 Å². The number of aryl methyl sites for hydroxylation is 2. The van der Waals surface area contributed by atoms with Gasteiger partial charge in [0, 0.05) is 0 Å². The van der Waals surface area contributed by atoms with Crippen LogP contribution in [0, 0.1) is 6.92 Å². The predicted molar refractivity (Wildman–Crippen MR) is 77.7 cm³/mol. The Morgan fingerprint density at radius 1 is 1.48 bits per heavy atom. The lowest BCUT2D eigenvalue weighted by Gasteiger charge is -1.99. The Morgan fingerprint density at radius 3 is 2.86 bits per heavy atom. The molecule has 0 atom stereocenters. The van der Waals surface area contributed by atoms with E-state index in [4.69, 9.17) is 9.52 Å². The summed E-state index contributed by atoms with van der Waals surface area (Å²) in [6.45, 7) is 3.78. The molecular weight excluding hydrogens is 292 g/mol. The highest BCUT2D eigenvalue weighted by Gasteiger charge is 2.15. The molecule has 6 nitrogen and oxygen atoms in total. The summed E-state index contributed by atoms with van der Waals surface area (Å²) in [7, 11) is 0. The topological polar surface area (TPSA) is 92.4 Å². The van der Waals surface area contributed by atoms with E-state index in [1.807, 2.05) is 0 Å². The molecule has 2 N–H and O–H groups in total. The number of carboxylic acid groups (broad SMARTS) is 1. The van der Waals surface area contributed by atoms with Crippen LogP contribution >= 0.6 is 11.3 Å². The Balaban J connectivity index is 1.97. The van der Waals surface area contributed by atoms with E-state index in [-0.39, 0.29) is 18.0 Å². The van der Waals surface area contributed by atoms with E-state index in [1.165, 1.54) is 17.4 Å². The Bertz CT molecular complexity index is 660. The molecule has 0 fully saturated rings. The maximum Gasteiger partial charge on any atom is 0.339 e. The van der Waals surface area contributed by atoms with Gasteiger partial charge in [0.25, 0.3) is 5.91 Å². The van der Waals surface area contributed by atoms with Crippen molar-refractivity contribution in [2.24, 2.45) is 0 Å². The van der Waals surface area contributed by atoms with Crippen LogP contribution in [0.3, 0.4) is 0 Å². The SMILES string of the molecule is CCCc1ncc(C(=O)NCc2cc(C(=O)O)c(C)o2)s1. The number of nitrogens with zero attached hydrogens (tertiary/aromatic N) is 1. The van der Waals surface area contributed by atoms with Gasteiger partial charge in [0.1, 0.15) is 22.0 Å². The molecule has 0 saturated heterocycles. The second kappa shape index (κ2) is 6.53. The van der Waals surface area contributed by atoms with Crippen molar-refractivity contribution in [2.75, 3.05) is 0 Å². The van der Waals surface area contributed by atoms with E-state index in [1.54, 1.807) is 13.1 Å². The van der Waals surface area contributed by atoms with Crippen LogP contribution in [0.25, 0.3) is 0 Å². The van der Waals surface area contributed by atoms with Crippen LogP contribution in [0.2, 0.25) is 0 Å². The highest BCUT2D eigenvalue weighted by molar-refractivity contribution is 7.13. The second-order valence-electron chi connectivity index (χ2n) is 4.54. The van der Waals surface area contributed by atoms with Crippen molar-refractivity contribution in [3.63, 3.8) is 0 Å². The summed E-state index contributed by atoms with van der Waals surface area (Å²) in [4.78, 5) is 27.6. The first kappa shape index (κ1) is 15.2. The van der Waals surface area contributed by atoms with Gasteiger partial charge in [-0.05, 0) is 25.8 Å². The average molecular weight is 308 g/mol. The van der Waals surface area contributed by atoms with Gasteiger partial charge in [0.2, 0.25) is 0 Å². The van der Waals surface area contributed by atoms with E-state index in [0.29, 0.717) is 16.4 Å². The number of hydrogen-bond acceptors (Lipinski definition) is 5. The molecule has 2 aromatic heterocycles. The zero-order valence-electron chi connectivity index (χ0n) is 11.8. The Hall–Kier alpha value is -2.15. The predicted octanol–water partition coefficient (Wildman–Crippen LogP) is 2.63. The van der Waals surface area contributed by atoms with Gasteiger partial charge in [-0.3, -0.25) is 4.79 Å². The lowest BCUT2D eigenvalue weighted by atomic mass is 10.2. The maximum atomic E-state index is 12.0. The average Bonchev–Trinajstić information content (AvgIpc) is 3.03. The van der Waals surface area contributed by atoms with Gasteiger partial charge < -0.3 is 14.8 Å². The first-order chi connectivity index (χ1) is 10.0. The zero-order chi connectivity index (χ0) is 15.4. The monoisotopic (exact) mass is 308 g/mol. The number of carboxylic acids is 1.